The summed E-state index contributed by atoms with van der Waals surface area (Å²) in [6.45, 7) is 2.41. The van der Waals surface area contributed by atoms with Crippen molar-refractivity contribution in [3.05, 3.63) is 101 Å². The van der Waals surface area contributed by atoms with Crippen molar-refractivity contribution in [2.75, 3.05) is 0 Å². The van der Waals surface area contributed by atoms with Crippen molar-refractivity contribution in [3.8, 4) is 5.75 Å². The van der Waals surface area contributed by atoms with Crippen LogP contribution < -0.4 is 10.1 Å². The normalized spacial score (nSPS) is 11.6. The molecule has 0 aliphatic heterocycles. The predicted molar refractivity (Wildman–Crippen MR) is 109 cm³/mol. The molecular formula is C23H22ClNO2. The number of ether oxygens (including phenoxy) is 1. The molecule has 0 aromatic heterocycles. The molecule has 0 saturated heterocycles. The molecule has 1 N–H and O–H groups in total. The van der Waals surface area contributed by atoms with Crippen molar-refractivity contribution >= 4 is 17.5 Å². The second-order valence-corrected chi connectivity index (χ2v) is 6.66. The number of benzene rings is 3. The van der Waals surface area contributed by atoms with Crippen molar-refractivity contribution < 1.29 is 9.53 Å². The SMILES string of the molecule is CC[C@H](NC(=O)c1cccc(OCc2ccccc2Cl)c1)c1ccccc1. The highest BCUT2D eigenvalue weighted by molar-refractivity contribution is 6.31. The molecule has 27 heavy (non-hydrogen) atoms. The van der Waals surface area contributed by atoms with Gasteiger partial charge in [0.2, 0.25) is 0 Å². The van der Waals surface area contributed by atoms with Crippen LogP contribution in [0.5, 0.6) is 5.75 Å². The third-order valence-corrected chi connectivity index (χ3v) is 4.73. The number of carbonyl (C=O) groups is 1. The van der Waals surface area contributed by atoms with Crippen molar-refractivity contribution in [1.82, 2.24) is 5.32 Å². The van der Waals surface area contributed by atoms with E-state index in [-0.39, 0.29) is 11.9 Å². The van der Waals surface area contributed by atoms with Crippen LogP contribution in [0.1, 0.15) is 40.9 Å². The van der Waals surface area contributed by atoms with Gasteiger partial charge >= 0.3 is 0 Å². The summed E-state index contributed by atoms with van der Waals surface area (Å²) in [6.07, 6.45) is 0.818. The molecular weight excluding hydrogens is 358 g/mol. The fourth-order valence-corrected chi connectivity index (χ4v) is 3.04. The Morgan fingerprint density at radius 3 is 2.48 bits per heavy atom. The molecule has 3 rings (SSSR count). The highest BCUT2D eigenvalue weighted by Gasteiger charge is 2.14. The Morgan fingerprint density at radius 1 is 1.00 bits per heavy atom. The van der Waals surface area contributed by atoms with Crippen LogP contribution >= 0.6 is 11.6 Å². The van der Waals surface area contributed by atoms with Crippen LogP contribution in [0.25, 0.3) is 0 Å². The maximum Gasteiger partial charge on any atom is 0.251 e. The Balaban J connectivity index is 1.67. The van der Waals surface area contributed by atoms with Crippen LogP contribution in [-0.4, -0.2) is 5.91 Å². The van der Waals surface area contributed by atoms with E-state index in [0.29, 0.717) is 22.9 Å². The van der Waals surface area contributed by atoms with E-state index in [2.05, 4.69) is 12.2 Å². The van der Waals surface area contributed by atoms with E-state index >= 15 is 0 Å². The molecule has 0 aliphatic rings. The summed E-state index contributed by atoms with van der Waals surface area (Å²) in [5, 5.41) is 3.76. The van der Waals surface area contributed by atoms with Crippen LogP contribution in [-0.2, 0) is 6.61 Å². The van der Waals surface area contributed by atoms with Crippen molar-refractivity contribution in [2.24, 2.45) is 0 Å². The number of carbonyl (C=O) groups excluding carboxylic acids is 1. The first-order chi connectivity index (χ1) is 13.2. The van der Waals surface area contributed by atoms with E-state index in [9.17, 15) is 4.79 Å². The van der Waals surface area contributed by atoms with Gasteiger partial charge in [0.25, 0.3) is 5.91 Å². The lowest BCUT2D eigenvalue weighted by Crippen LogP contribution is -2.28. The van der Waals surface area contributed by atoms with Gasteiger partial charge in [-0.25, -0.2) is 0 Å². The lowest BCUT2D eigenvalue weighted by Gasteiger charge is -2.18. The van der Waals surface area contributed by atoms with Gasteiger partial charge in [-0.1, -0.05) is 73.1 Å². The van der Waals surface area contributed by atoms with E-state index in [1.54, 1.807) is 12.1 Å². The molecule has 0 fully saturated rings. The molecule has 0 bridgehead atoms. The number of hydrogen-bond acceptors (Lipinski definition) is 2. The van der Waals surface area contributed by atoms with Crippen LogP contribution in [0.3, 0.4) is 0 Å². The Labute approximate surface area is 164 Å². The van der Waals surface area contributed by atoms with Crippen LogP contribution in [0.2, 0.25) is 5.02 Å². The van der Waals surface area contributed by atoms with E-state index in [1.165, 1.54) is 0 Å². The monoisotopic (exact) mass is 379 g/mol. The zero-order valence-corrected chi connectivity index (χ0v) is 15.9. The first-order valence-electron chi connectivity index (χ1n) is 8.99. The summed E-state index contributed by atoms with van der Waals surface area (Å²) < 4.78 is 5.82. The molecule has 3 nitrogen and oxygen atoms in total. The van der Waals surface area contributed by atoms with Crippen LogP contribution in [0, 0.1) is 0 Å². The number of halogens is 1. The Hall–Kier alpha value is -2.78. The second kappa shape index (κ2) is 9.24. The Morgan fingerprint density at radius 2 is 1.74 bits per heavy atom. The van der Waals surface area contributed by atoms with Gasteiger partial charge < -0.3 is 10.1 Å². The summed E-state index contributed by atoms with van der Waals surface area (Å²) in [5.41, 5.74) is 2.57. The van der Waals surface area contributed by atoms with Gasteiger partial charge in [-0.3, -0.25) is 4.79 Å². The Kier molecular flexibility index (Phi) is 6.50. The molecule has 0 radical (unpaired) electrons. The van der Waals surface area contributed by atoms with Gasteiger partial charge in [0.15, 0.2) is 0 Å². The molecule has 4 heteroatoms. The van der Waals surface area contributed by atoms with Crippen LogP contribution in [0.4, 0.5) is 0 Å². The van der Waals surface area contributed by atoms with Gasteiger partial charge in [0.05, 0.1) is 6.04 Å². The topological polar surface area (TPSA) is 38.3 Å². The minimum absolute atomic E-state index is 0.0219. The molecule has 1 atom stereocenters. The lowest BCUT2D eigenvalue weighted by atomic mass is 10.0. The molecule has 0 spiro atoms. The van der Waals surface area contributed by atoms with Crippen molar-refractivity contribution in [3.63, 3.8) is 0 Å². The molecule has 0 aliphatic carbocycles. The molecule has 3 aromatic carbocycles. The number of amides is 1. The van der Waals surface area contributed by atoms with Gasteiger partial charge in [-0.05, 0) is 36.2 Å². The number of hydrogen-bond donors (Lipinski definition) is 1. The third-order valence-electron chi connectivity index (χ3n) is 4.36. The quantitative estimate of drug-likeness (QED) is 0.563. The summed E-state index contributed by atoms with van der Waals surface area (Å²) in [7, 11) is 0. The fraction of sp³-hybridized carbons (Fsp3) is 0.174. The molecule has 3 aromatic rings. The third kappa shape index (κ3) is 5.11. The summed E-state index contributed by atoms with van der Waals surface area (Å²) in [5.74, 6) is 0.518. The van der Waals surface area contributed by atoms with Crippen molar-refractivity contribution in [2.45, 2.75) is 26.0 Å². The highest BCUT2D eigenvalue weighted by atomic mass is 35.5. The van der Waals surface area contributed by atoms with Gasteiger partial charge in [-0.2, -0.15) is 0 Å². The van der Waals surface area contributed by atoms with Crippen LogP contribution in [0.15, 0.2) is 78.9 Å². The maximum absolute atomic E-state index is 12.7. The summed E-state index contributed by atoms with van der Waals surface area (Å²) in [6, 6.07) is 24.7. The zero-order valence-electron chi connectivity index (χ0n) is 15.2. The molecule has 0 heterocycles. The Bertz CT molecular complexity index is 896. The average molecular weight is 380 g/mol. The van der Waals surface area contributed by atoms with Crippen molar-refractivity contribution in [1.29, 1.82) is 0 Å². The smallest absolute Gasteiger partial charge is 0.251 e. The number of nitrogens with one attached hydrogen (secondary N) is 1. The van der Waals surface area contributed by atoms with E-state index in [1.807, 2.05) is 66.7 Å². The largest absolute Gasteiger partial charge is 0.489 e. The highest BCUT2D eigenvalue weighted by Crippen LogP contribution is 2.21. The maximum atomic E-state index is 12.7. The standard InChI is InChI=1S/C23H22ClNO2/c1-2-22(17-9-4-3-5-10-17)25-23(26)18-12-8-13-20(15-18)27-16-19-11-6-7-14-21(19)24/h3-15,22H,2,16H2,1H3,(H,25,26)/t22-/m0/s1. The van der Waals surface area contributed by atoms with E-state index in [4.69, 9.17) is 16.3 Å². The minimum Gasteiger partial charge on any atom is -0.489 e. The van der Waals surface area contributed by atoms with Gasteiger partial charge in [0.1, 0.15) is 12.4 Å². The summed E-state index contributed by atoms with van der Waals surface area (Å²) in [4.78, 5) is 12.7. The van der Waals surface area contributed by atoms with Gasteiger partial charge in [-0.15, -0.1) is 0 Å². The van der Waals surface area contributed by atoms with E-state index in [0.717, 1.165) is 17.5 Å². The summed E-state index contributed by atoms with van der Waals surface area (Å²) >= 11 is 6.16. The fourth-order valence-electron chi connectivity index (χ4n) is 2.85. The predicted octanol–water partition coefficient (Wildman–Crippen LogP) is 5.80. The van der Waals surface area contributed by atoms with Gasteiger partial charge in [0, 0.05) is 16.1 Å². The first kappa shape index (κ1) is 19.0. The second-order valence-electron chi connectivity index (χ2n) is 6.25. The molecule has 1 amide bonds. The lowest BCUT2D eigenvalue weighted by molar-refractivity contribution is 0.0935. The minimum atomic E-state index is -0.117. The molecule has 0 unspecified atom stereocenters. The number of rotatable bonds is 7. The first-order valence-corrected chi connectivity index (χ1v) is 9.37. The molecule has 0 saturated carbocycles. The van der Waals surface area contributed by atoms with E-state index < -0.39 is 0 Å². The average Bonchev–Trinajstić information content (AvgIpc) is 2.72. The molecule has 138 valence electrons. The zero-order chi connectivity index (χ0) is 19.1.